The van der Waals surface area contributed by atoms with Gasteiger partial charge in [0.05, 0.1) is 7.11 Å². The van der Waals surface area contributed by atoms with Gasteiger partial charge in [-0.3, -0.25) is 0 Å². The lowest BCUT2D eigenvalue weighted by Gasteiger charge is -2.11. The number of hydrogen-bond donors (Lipinski definition) is 1. The Labute approximate surface area is 136 Å². The molecule has 0 fully saturated rings. The van der Waals surface area contributed by atoms with Crippen molar-refractivity contribution < 1.29 is 21.9 Å². The number of benzene rings is 1. The van der Waals surface area contributed by atoms with Crippen molar-refractivity contribution in [2.24, 2.45) is 0 Å². The molecular weight excluding hydrogens is 306 g/mol. The minimum Gasteiger partial charge on any atom is -1.00 e. The van der Waals surface area contributed by atoms with Crippen molar-refractivity contribution in [2.75, 3.05) is 13.7 Å². The Kier molecular flexibility index (Phi) is 7.90. The van der Waals surface area contributed by atoms with Gasteiger partial charge in [-0.15, -0.1) is 11.3 Å². The highest BCUT2D eigenvalue weighted by molar-refractivity contribution is 7.09. The fraction of sp³-hybridized carbons (Fsp3) is 0.250. The van der Waals surface area contributed by atoms with Crippen LogP contribution in [-0.4, -0.2) is 13.7 Å². The summed E-state index contributed by atoms with van der Waals surface area (Å²) in [5, 5.41) is 5.50. The first-order valence-electron chi connectivity index (χ1n) is 6.47. The molecule has 114 valence electrons. The summed E-state index contributed by atoms with van der Waals surface area (Å²) in [4.78, 5) is 1.34. The molecule has 0 saturated heterocycles. The van der Waals surface area contributed by atoms with Crippen molar-refractivity contribution in [2.45, 2.75) is 13.1 Å². The van der Waals surface area contributed by atoms with Gasteiger partial charge in [0.25, 0.3) is 0 Å². The Hall–Kier alpha value is -1.49. The summed E-state index contributed by atoms with van der Waals surface area (Å²) in [7, 11) is 1.65. The number of rotatable bonds is 8. The molecule has 0 spiro atoms. The lowest BCUT2D eigenvalue weighted by atomic mass is 10.2. The molecule has 0 aliphatic heterocycles. The lowest BCUT2D eigenvalue weighted by Crippen LogP contribution is -3.00. The Morgan fingerprint density at radius 2 is 2.10 bits per heavy atom. The van der Waals surface area contributed by atoms with Crippen molar-refractivity contribution >= 4 is 11.3 Å². The summed E-state index contributed by atoms with van der Waals surface area (Å²) in [5.74, 6) is 1.50. The number of halogens is 1. The second-order valence-electron chi connectivity index (χ2n) is 4.27. The molecule has 1 heterocycles. The zero-order chi connectivity index (χ0) is 14.2. The molecule has 3 nitrogen and oxygen atoms in total. The van der Waals surface area contributed by atoms with Crippen LogP contribution in [0.4, 0.5) is 0 Å². The predicted molar refractivity (Wildman–Crippen MR) is 83.5 cm³/mol. The largest absolute Gasteiger partial charge is 1.00 e. The maximum absolute atomic E-state index is 5.53. The van der Waals surface area contributed by atoms with Gasteiger partial charge < -0.3 is 27.2 Å². The van der Waals surface area contributed by atoms with Gasteiger partial charge in [-0.1, -0.05) is 24.8 Å². The Morgan fingerprint density at radius 3 is 2.76 bits per heavy atom. The van der Waals surface area contributed by atoms with E-state index in [9.17, 15) is 0 Å². The van der Waals surface area contributed by atoms with Gasteiger partial charge in [-0.25, -0.2) is 0 Å². The van der Waals surface area contributed by atoms with Crippen molar-refractivity contribution in [1.82, 2.24) is 5.32 Å². The first-order chi connectivity index (χ1) is 9.83. The van der Waals surface area contributed by atoms with Gasteiger partial charge in [-0.05, 0) is 29.1 Å². The van der Waals surface area contributed by atoms with Crippen LogP contribution in [0.3, 0.4) is 0 Å². The topological polar surface area (TPSA) is 30.5 Å². The van der Waals surface area contributed by atoms with E-state index in [-0.39, 0.29) is 12.4 Å². The van der Waals surface area contributed by atoms with Crippen LogP contribution in [0.15, 0.2) is 48.4 Å². The minimum atomic E-state index is 0. The average molecular weight is 325 g/mol. The summed E-state index contributed by atoms with van der Waals surface area (Å²) >= 11 is 1.76. The molecule has 1 aromatic heterocycles. The van der Waals surface area contributed by atoms with Gasteiger partial charge in [0.2, 0.25) is 0 Å². The van der Waals surface area contributed by atoms with Crippen molar-refractivity contribution in [3.8, 4) is 11.5 Å². The standard InChI is InChI=1S/C16H19NO2S.ClH/c1-3-8-19-15-7-6-13(10-16(15)18-2)11-17-12-14-5-4-9-20-14;/h3-7,9-10,17H,1,8,11-12H2,2H3;1H/p-1. The third kappa shape index (κ3) is 5.42. The average Bonchev–Trinajstić information content (AvgIpc) is 2.99. The highest BCUT2D eigenvalue weighted by Gasteiger charge is 2.05. The predicted octanol–water partition coefficient (Wildman–Crippen LogP) is 0.615. The Morgan fingerprint density at radius 1 is 1.24 bits per heavy atom. The van der Waals surface area contributed by atoms with Crippen LogP contribution in [0, 0.1) is 0 Å². The van der Waals surface area contributed by atoms with E-state index in [0.29, 0.717) is 6.61 Å². The molecule has 1 aromatic carbocycles. The van der Waals surface area contributed by atoms with Gasteiger partial charge in [0.1, 0.15) is 6.61 Å². The minimum absolute atomic E-state index is 0. The van der Waals surface area contributed by atoms with Gasteiger partial charge in [-0.2, -0.15) is 0 Å². The molecule has 2 aromatic rings. The molecule has 0 atom stereocenters. The maximum Gasteiger partial charge on any atom is 0.161 e. The van der Waals surface area contributed by atoms with E-state index in [4.69, 9.17) is 9.47 Å². The highest BCUT2D eigenvalue weighted by atomic mass is 35.5. The van der Waals surface area contributed by atoms with Crippen LogP contribution >= 0.6 is 11.3 Å². The molecule has 5 heteroatoms. The number of hydrogen-bond acceptors (Lipinski definition) is 4. The number of methoxy groups -OCH3 is 1. The fourth-order valence-corrected chi connectivity index (χ4v) is 2.51. The molecule has 1 N–H and O–H groups in total. The fourth-order valence-electron chi connectivity index (χ4n) is 1.83. The number of thiophene rings is 1. The van der Waals surface area contributed by atoms with E-state index in [0.717, 1.165) is 24.6 Å². The molecule has 0 radical (unpaired) electrons. The van der Waals surface area contributed by atoms with Crippen LogP contribution in [0.5, 0.6) is 11.5 Å². The molecule has 0 amide bonds. The molecule has 0 aliphatic rings. The number of nitrogens with one attached hydrogen (secondary N) is 1. The lowest BCUT2D eigenvalue weighted by molar-refractivity contribution is -0.00000463. The number of ether oxygens (including phenoxy) is 2. The Bertz CT molecular complexity index is 543. The van der Waals surface area contributed by atoms with E-state index in [1.807, 2.05) is 18.2 Å². The zero-order valence-corrected chi connectivity index (χ0v) is 13.5. The highest BCUT2D eigenvalue weighted by Crippen LogP contribution is 2.28. The van der Waals surface area contributed by atoms with Gasteiger partial charge in [0.15, 0.2) is 11.5 Å². The summed E-state index contributed by atoms with van der Waals surface area (Å²) in [6.07, 6.45) is 1.72. The monoisotopic (exact) mass is 324 g/mol. The van der Waals surface area contributed by atoms with E-state index in [1.165, 1.54) is 10.4 Å². The molecule has 2 rings (SSSR count). The molecule has 0 unspecified atom stereocenters. The maximum atomic E-state index is 5.53. The van der Waals surface area contributed by atoms with Crippen molar-refractivity contribution in [1.29, 1.82) is 0 Å². The van der Waals surface area contributed by atoms with Crippen molar-refractivity contribution in [3.05, 3.63) is 58.8 Å². The summed E-state index contributed by atoms with van der Waals surface area (Å²) in [6.45, 7) is 5.80. The first-order valence-corrected chi connectivity index (χ1v) is 7.35. The second kappa shape index (κ2) is 9.45. The summed E-state index contributed by atoms with van der Waals surface area (Å²) in [6, 6.07) is 10.2. The van der Waals surface area contributed by atoms with Crippen molar-refractivity contribution in [3.63, 3.8) is 0 Å². The van der Waals surface area contributed by atoms with E-state index >= 15 is 0 Å². The Balaban J connectivity index is 0.00000220. The van der Waals surface area contributed by atoms with Crippen LogP contribution in [0.25, 0.3) is 0 Å². The van der Waals surface area contributed by atoms with E-state index in [2.05, 4.69) is 29.4 Å². The first kappa shape index (κ1) is 17.6. The van der Waals surface area contributed by atoms with Crippen LogP contribution in [0.2, 0.25) is 0 Å². The zero-order valence-electron chi connectivity index (χ0n) is 12.0. The van der Waals surface area contributed by atoms with Crippen LogP contribution in [-0.2, 0) is 13.1 Å². The molecule has 0 bridgehead atoms. The van der Waals surface area contributed by atoms with Gasteiger partial charge >= 0.3 is 0 Å². The quantitative estimate of drug-likeness (QED) is 0.722. The third-order valence-corrected chi connectivity index (χ3v) is 3.67. The van der Waals surface area contributed by atoms with Crippen LogP contribution in [0.1, 0.15) is 10.4 Å². The molecular formula is C16H19ClNO2S-. The van der Waals surface area contributed by atoms with E-state index in [1.54, 1.807) is 24.5 Å². The van der Waals surface area contributed by atoms with Crippen LogP contribution < -0.4 is 27.2 Å². The summed E-state index contributed by atoms with van der Waals surface area (Å²) < 4.78 is 10.9. The molecule has 0 aliphatic carbocycles. The van der Waals surface area contributed by atoms with Gasteiger partial charge in [0, 0.05) is 18.0 Å². The SMILES string of the molecule is C=CCOc1ccc(CNCc2cccs2)cc1OC.[Cl-]. The molecule has 0 saturated carbocycles. The molecule has 21 heavy (non-hydrogen) atoms. The second-order valence-corrected chi connectivity index (χ2v) is 5.30. The normalized spacial score (nSPS) is 9.76. The smallest absolute Gasteiger partial charge is 0.161 e. The third-order valence-electron chi connectivity index (χ3n) is 2.79. The summed E-state index contributed by atoms with van der Waals surface area (Å²) in [5.41, 5.74) is 1.17. The van der Waals surface area contributed by atoms with E-state index < -0.39 is 0 Å².